The summed E-state index contributed by atoms with van der Waals surface area (Å²) in [6.45, 7) is 6.07. The Labute approximate surface area is 141 Å². The van der Waals surface area contributed by atoms with Crippen LogP contribution in [0.2, 0.25) is 0 Å². The van der Waals surface area contributed by atoms with Gasteiger partial charge in [-0.25, -0.2) is 0 Å². The molecule has 0 aromatic heterocycles. The molecule has 1 unspecified atom stereocenters. The highest BCUT2D eigenvalue weighted by Crippen LogP contribution is 2.50. The summed E-state index contributed by atoms with van der Waals surface area (Å²) in [5.41, 5.74) is 1.58. The van der Waals surface area contributed by atoms with E-state index in [0.717, 1.165) is 19.3 Å². The third kappa shape index (κ3) is 4.72. The summed E-state index contributed by atoms with van der Waals surface area (Å²) in [5.74, 6) is 7.43. The van der Waals surface area contributed by atoms with E-state index in [0.29, 0.717) is 18.3 Å². The predicted octanol–water partition coefficient (Wildman–Crippen LogP) is 4.09. The number of hydrogen-bond donors (Lipinski definition) is 2. The lowest BCUT2D eigenvalue weighted by molar-refractivity contribution is 0.137. The van der Waals surface area contributed by atoms with Crippen molar-refractivity contribution >= 4 is 0 Å². The quantitative estimate of drug-likeness (QED) is 0.572. The monoisotopic (exact) mass is 316 g/mol. The third-order valence-electron chi connectivity index (χ3n) is 5.55. The van der Waals surface area contributed by atoms with Crippen LogP contribution in [0.1, 0.15) is 59.3 Å². The Morgan fingerprint density at radius 3 is 2.83 bits per heavy atom. The zero-order chi connectivity index (χ0) is 16.8. The molecule has 0 bridgehead atoms. The summed E-state index contributed by atoms with van der Waals surface area (Å²) in [7, 11) is 0. The van der Waals surface area contributed by atoms with Crippen molar-refractivity contribution in [2.45, 2.75) is 71.5 Å². The van der Waals surface area contributed by atoms with E-state index >= 15 is 0 Å². The van der Waals surface area contributed by atoms with Gasteiger partial charge in [0, 0.05) is 12.3 Å². The molecule has 0 radical (unpaired) electrons. The molecule has 0 aromatic rings. The fraction of sp³-hybridized carbons (Fsp3) is 0.714. The first-order chi connectivity index (χ1) is 11.1. The first-order valence-electron chi connectivity index (χ1n) is 9.18. The minimum atomic E-state index is -0.474. The third-order valence-corrected chi connectivity index (χ3v) is 5.55. The van der Waals surface area contributed by atoms with E-state index in [1.54, 1.807) is 5.57 Å². The van der Waals surface area contributed by atoms with Gasteiger partial charge in [-0.2, -0.15) is 0 Å². The first kappa shape index (κ1) is 18.3. The molecule has 2 fully saturated rings. The van der Waals surface area contributed by atoms with Gasteiger partial charge in [0.15, 0.2) is 0 Å². The van der Waals surface area contributed by atoms with Crippen LogP contribution >= 0.6 is 0 Å². The lowest BCUT2D eigenvalue weighted by Crippen LogP contribution is -2.19. The van der Waals surface area contributed by atoms with Gasteiger partial charge in [-0.3, -0.25) is 0 Å². The molecule has 6 atom stereocenters. The molecule has 2 heteroatoms. The SMILES string of the molecule is CC#CCC(C)[C@H](O)/C=C/[C@@H]1[C@H]2C/C(=C/CCC)C[C@H]2C[C@H]1O. The second kappa shape index (κ2) is 8.71. The van der Waals surface area contributed by atoms with Gasteiger partial charge >= 0.3 is 0 Å². The summed E-state index contributed by atoms with van der Waals surface area (Å²) in [6.07, 6.45) is 12.0. The van der Waals surface area contributed by atoms with Crippen molar-refractivity contribution in [2.75, 3.05) is 0 Å². The minimum Gasteiger partial charge on any atom is -0.392 e. The van der Waals surface area contributed by atoms with Gasteiger partial charge in [0.05, 0.1) is 12.2 Å². The molecule has 0 saturated heterocycles. The van der Waals surface area contributed by atoms with Crippen molar-refractivity contribution in [2.24, 2.45) is 23.7 Å². The van der Waals surface area contributed by atoms with Crippen molar-refractivity contribution in [1.82, 2.24) is 0 Å². The van der Waals surface area contributed by atoms with Crippen LogP contribution in [0.4, 0.5) is 0 Å². The van der Waals surface area contributed by atoms with Crippen LogP contribution < -0.4 is 0 Å². The molecule has 23 heavy (non-hydrogen) atoms. The largest absolute Gasteiger partial charge is 0.392 e. The van der Waals surface area contributed by atoms with Crippen molar-refractivity contribution in [3.8, 4) is 11.8 Å². The molecule has 0 heterocycles. The van der Waals surface area contributed by atoms with Gasteiger partial charge in [-0.15, -0.1) is 11.8 Å². The Bertz CT molecular complexity index is 494. The molecule has 2 rings (SSSR count). The first-order valence-corrected chi connectivity index (χ1v) is 9.18. The smallest absolute Gasteiger partial charge is 0.0755 e. The molecule has 2 aliphatic carbocycles. The average molecular weight is 316 g/mol. The second-order valence-corrected chi connectivity index (χ2v) is 7.35. The van der Waals surface area contributed by atoms with Gasteiger partial charge in [0.2, 0.25) is 0 Å². The summed E-state index contributed by atoms with van der Waals surface area (Å²) in [5, 5.41) is 20.6. The van der Waals surface area contributed by atoms with Gasteiger partial charge in [-0.1, -0.05) is 44.1 Å². The zero-order valence-corrected chi connectivity index (χ0v) is 14.8. The van der Waals surface area contributed by atoms with Crippen LogP contribution in [0.15, 0.2) is 23.8 Å². The molecule has 2 saturated carbocycles. The Kier molecular flexibility index (Phi) is 6.93. The summed E-state index contributed by atoms with van der Waals surface area (Å²) < 4.78 is 0. The molecule has 2 aliphatic rings. The van der Waals surface area contributed by atoms with Crippen LogP contribution in [-0.4, -0.2) is 22.4 Å². The standard InChI is InChI=1S/C21H32O2/c1-4-6-8-15(3)20(22)11-10-18-19-13-16(9-7-5-2)12-17(19)14-21(18)23/h9-11,15,17-23H,5,7-8,12-14H2,1-3H3/b11-10+,16-9+/t15?,17-,18+,19-,20+,21+/m0/s1. The number of hydrogen-bond acceptors (Lipinski definition) is 2. The maximum Gasteiger partial charge on any atom is 0.0755 e. The van der Waals surface area contributed by atoms with E-state index in [-0.39, 0.29) is 17.9 Å². The lowest BCUT2D eigenvalue weighted by Gasteiger charge is -2.19. The van der Waals surface area contributed by atoms with E-state index in [1.165, 1.54) is 12.8 Å². The van der Waals surface area contributed by atoms with Gasteiger partial charge in [0.25, 0.3) is 0 Å². The number of aliphatic hydroxyl groups is 2. The Morgan fingerprint density at radius 2 is 2.13 bits per heavy atom. The highest BCUT2D eigenvalue weighted by molar-refractivity contribution is 5.18. The van der Waals surface area contributed by atoms with E-state index < -0.39 is 6.10 Å². The molecule has 2 nitrogen and oxygen atoms in total. The molecule has 128 valence electrons. The van der Waals surface area contributed by atoms with E-state index in [2.05, 4.69) is 30.9 Å². The molecular weight excluding hydrogens is 284 g/mol. The lowest BCUT2D eigenvalue weighted by atomic mass is 9.89. The number of fused-ring (bicyclic) bond motifs is 1. The number of rotatable bonds is 6. The average Bonchev–Trinajstić information content (AvgIpc) is 3.04. The molecule has 0 aliphatic heterocycles. The highest BCUT2D eigenvalue weighted by atomic mass is 16.3. The Balaban J connectivity index is 1.96. The van der Waals surface area contributed by atoms with Gasteiger partial charge in [-0.05, 0) is 50.4 Å². The van der Waals surface area contributed by atoms with Crippen molar-refractivity contribution in [1.29, 1.82) is 0 Å². The molecular formula is C21H32O2. The van der Waals surface area contributed by atoms with Crippen LogP contribution in [0, 0.1) is 35.5 Å². The summed E-state index contributed by atoms with van der Waals surface area (Å²) in [4.78, 5) is 0. The zero-order valence-electron chi connectivity index (χ0n) is 14.8. The maximum absolute atomic E-state index is 10.4. The topological polar surface area (TPSA) is 40.5 Å². The van der Waals surface area contributed by atoms with Crippen LogP contribution in [-0.2, 0) is 0 Å². The van der Waals surface area contributed by atoms with Crippen LogP contribution in [0.3, 0.4) is 0 Å². The number of aliphatic hydroxyl groups excluding tert-OH is 2. The van der Waals surface area contributed by atoms with Gasteiger partial charge < -0.3 is 10.2 Å². The number of allylic oxidation sites excluding steroid dienone is 2. The molecule has 0 aromatic carbocycles. The van der Waals surface area contributed by atoms with Crippen LogP contribution in [0.25, 0.3) is 0 Å². The Hall–Kier alpha value is -1.04. The van der Waals surface area contributed by atoms with Crippen molar-refractivity contribution in [3.05, 3.63) is 23.8 Å². The normalized spacial score (nSPS) is 34.4. The summed E-state index contributed by atoms with van der Waals surface area (Å²) in [6, 6.07) is 0. The van der Waals surface area contributed by atoms with E-state index in [1.807, 2.05) is 19.9 Å². The van der Waals surface area contributed by atoms with Gasteiger partial charge in [0.1, 0.15) is 0 Å². The predicted molar refractivity (Wildman–Crippen MR) is 95.7 cm³/mol. The Morgan fingerprint density at radius 1 is 1.35 bits per heavy atom. The maximum atomic E-state index is 10.4. The molecule has 0 spiro atoms. The van der Waals surface area contributed by atoms with Crippen LogP contribution in [0.5, 0.6) is 0 Å². The fourth-order valence-electron chi connectivity index (χ4n) is 4.10. The summed E-state index contributed by atoms with van der Waals surface area (Å²) >= 11 is 0. The molecule has 0 amide bonds. The van der Waals surface area contributed by atoms with E-state index in [4.69, 9.17) is 0 Å². The fourth-order valence-corrected chi connectivity index (χ4v) is 4.10. The molecule has 2 N–H and O–H groups in total. The second-order valence-electron chi connectivity index (χ2n) is 7.35. The minimum absolute atomic E-state index is 0.136. The van der Waals surface area contributed by atoms with Crippen molar-refractivity contribution in [3.63, 3.8) is 0 Å². The van der Waals surface area contributed by atoms with E-state index in [9.17, 15) is 10.2 Å². The number of unbranched alkanes of at least 4 members (excludes halogenated alkanes) is 1. The highest BCUT2D eigenvalue weighted by Gasteiger charge is 2.44. The van der Waals surface area contributed by atoms with Crippen molar-refractivity contribution < 1.29 is 10.2 Å².